The number of aromatic nitrogens is 2. The van der Waals surface area contributed by atoms with Crippen LogP contribution in [0.2, 0.25) is 0 Å². The third-order valence-corrected chi connectivity index (χ3v) is 2.72. The van der Waals surface area contributed by atoms with Gasteiger partial charge < -0.3 is 10.1 Å². The van der Waals surface area contributed by atoms with Crippen molar-refractivity contribution in [1.29, 1.82) is 0 Å². The molecule has 0 fully saturated rings. The summed E-state index contributed by atoms with van der Waals surface area (Å²) in [6, 6.07) is 10.3. The van der Waals surface area contributed by atoms with E-state index in [2.05, 4.69) is 39.6 Å². The van der Waals surface area contributed by atoms with Gasteiger partial charge in [0.1, 0.15) is 0 Å². The van der Waals surface area contributed by atoms with Crippen molar-refractivity contribution in [2.45, 2.75) is 6.42 Å². The van der Waals surface area contributed by atoms with Crippen LogP contribution in [0, 0.1) is 0 Å². The van der Waals surface area contributed by atoms with Crippen LogP contribution in [-0.2, 0) is 11.2 Å². The molecule has 4 nitrogen and oxygen atoms in total. The molecule has 1 aromatic carbocycles. The molecule has 18 heavy (non-hydrogen) atoms. The third-order valence-electron chi connectivity index (χ3n) is 2.72. The van der Waals surface area contributed by atoms with Crippen LogP contribution < -0.4 is 5.32 Å². The maximum atomic E-state index is 5.06. The summed E-state index contributed by atoms with van der Waals surface area (Å²) in [6.07, 6.45) is 2.69. The highest BCUT2D eigenvalue weighted by Crippen LogP contribution is 2.18. The number of hydrogen-bond donors (Lipinski definition) is 1. The molecule has 0 bridgehead atoms. The van der Waals surface area contributed by atoms with Crippen molar-refractivity contribution in [1.82, 2.24) is 9.97 Å². The van der Waals surface area contributed by atoms with Gasteiger partial charge in [0.25, 0.3) is 0 Å². The van der Waals surface area contributed by atoms with E-state index >= 15 is 0 Å². The van der Waals surface area contributed by atoms with Crippen molar-refractivity contribution in [3.63, 3.8) is 0 Å². The molecule has 94 valence electrons. The van der Waals surface area contributed by atoms with E-state index in [0.29, 0.717) is 5.95 Å². The molecule has 0 amide bonds. The zero-order chi connectivity index (χ0) is 12.8. The van der Waals surface area contributed by atoms with Gasteiger partial charge in [0, 0.05) is 25.9 Å². The van der Waals surface area contributed by atoms with Crippen LogP contribution in [-0.4, -0.2) is 30.7 Å². The van der Waals surface area contributed by atoms with E-state index in [9.17, 15) is 0 Å². The Morgan fingerprint density at radius 3 is 2.61 bits per heavy atom. The first kappa shape index (κ1) is 12.5. The van der Waals surface area contributed by atoms with Crippen LogP contribution in [0.3, 0.4) is 0 Å². The molecule has 1 aromatic heterocycles. The highest BCUT2D eigenvalue weighted by molar-refractivity contribution is 5.60. The summed E-state index contributed by atoms with van der Waals surface area (Å²) in [5, 5.41) is 2.94. The van der Waals surface area contributed by atoms with Crippen molar-refractivity contribution >= 4 is 5.95 Å². The van der Waals surface area contributed by atoms with Crippen molar-refractivity contribution in [3.8, 4) is 11.3 Å². The van der Waals surface area contributed by atoms with E-state index in [-0.39, 0.29) is 0 Å². The molecule has 4 heteroatoms. The van der Waals surface area contributed by atoms with Crippen LogP contribution in [0.25, 0.3) is 11.3 Å². The van der Waals surface area contributed by atoms with E-state index in [1.54, 1.807) is 13.3 Å². The summed E-state index contributed by atoms with van der Waals surface area (Å²) < 4.78 is 5.06. The van der Waals surface area contributed by atoms with E-state index in [4.69, 9.17) is 4.74 Å². The molecule has 0 saturated carbocycles. The topological polar surface area (TPSA) is 47.0 Å². The fraction of sp³-hybridized carbons (Fsp3) is 0.286. The molecular weight excluding hydrogens is 226 g/mol. The summed E-state index contributed by atoms with van der Waals surface area (Å²) in [7, 11) is 3.53. The predicted molar refractivity (Wildman–Crippen MR) is 72.6 cm³/mol. The summed E-state index contributed by atoms with van der Waals surface area (Å²) >= 11 is 0. The monoisotopic (exact) mass is 243 g/mol. The Labute approximate surface area is 107 Å². The van der Waals surface area contributed by atoms with Gasteiger partial charge in [-0.25, -0.2) is 9.97 Å². The molecule has 0 spiro atoms. The van der Waals surface area contributed by atoms with Crippen molar-refractivity contribution in [3.05, 3.63) is 42.1 Å². The van der Waals surface area contributed by atoms with Gasteiger partial charge in [-0.1, -0.05) is 24.3 Å². The number of methoxy groups -OCH3 is 1. The predicted octanol–water partition coefficient (Wildman–Crippen LogP) is 2.37. The fourth-order valence-corrected chi connectivity index (χ4v) is 1.70. The van der Waals surface area contributed by atoms with Gasteiger partial charge in [0.05, 0.1) is 12.3 Å². The largest absolute Gasteiger partial charge is 0.384 e. The lowest BCUT2D eigenvalue weighted by molar-refractivity contribution is 0.202. The number of hydrogen-bond acceptors (Lipinski definition) is 4. The summed E-state index contributed by atoms with van der Waals surface area (Å²) in [4.78, 5) is 8.51. The molecule has 0 radical (unpaired) electrons. The van der Waals surface area contributed by atoms with Gasteiger partial charge >= 0.3 is 0 Å². The lowest BCUT2D eigenvalue weighted by atomic mass is 10.1. The Bertz CT molecular complexity index is 497. The summed E-state index contributed by atoms with van der Waals surface area (Å²) in [5.74, 6) is 0.635. The van der Waals surface area contributed by atoms with Crippen molar-refractivity contribution in [2.75, 3.05) is 26.1 Å². The lowest BCUT2D eigenvalue weighted by Gasteiger charge is -2.05. The van der Waals surface area contributed by atoms with Crippen molar-refractivity contribution in [2.24, 2.45) is 0 Å². The molecule has 0 aliphatic rings. The average Bonchev–Trinajstić information content (AvgIpc) is 2.46. The molecule has 0 unspecified atom stereocenters. The second kappa shape index (κ2) is 6.12. The summed E-state index contributed by atoms with van der Waals surface area (Å²) in [5.41, 5.74) is 3.28. The maximum absolute atomic E-state index is 5.06. The smallest absolute Gasteiger partial charge is 0.222 e. The number of anilines is 1. The third kappa shape index (κ3) is 3.05. The normalized spacial score (nSPS) is 10.3. The first-order chi connectivity index (χ1) is 8.83. The van der Waals surface area contributed by atoms with Gasteiger partial charge in [-0.2, -0.15) is 0 Å². The highest BCUT2D eigenvalue weighted by atomic mass is 16.5. The van der Waals surface area contributed by atoms with Gasteiger partial charge in [0.15, 0.2) is 0 Å². The Balaban J connectivity index is 2.17. The molecule has 0 atom stereocenters. The Morgan fingerprint density at radius 1 is 1.17 bits per heavy atom. The van der Waals surface area contributed by atoms with Crippen LogP contribution in [0.1, 0.15) is 5.56 Å². The maximum Gasteiger partial charge on any atom is 0.222 e. The number of ether oxygens (including phenoxy) is 1. The first-order valence-corrected chi connectivity index (χ1v) is 5.92. The SMILES string of the molecule is CNc1nccc(-c2ccc(CCOC)cc2)n1. The molecule has 2 aromatic rings. The number of nitrogens with zero attached hydrogens (tertiary/aromatic N) is 2. The quantitative estimate of drug-likeness (QED) is 0.875. The standard InChI is InChI=1S/C14H17N3O/c1-15-14-16-9-7-13(17-14)12-5-3-11(4-6-12)8-10-18-2/h3-7,9H,8,10H2,1-2H3,(H,15,16,17). The van der Waals surface area contributed by atoms with Gasteiger partial charge in [-0.15, -0.1) is 0 Å². The zero-order valence-corrected chi connectivity index (χ0v) is 10.7. The molecule has 1 N–H and O–H groups in total. The van der Waals surface area contributed by atoms with Crippen LogP contribution in [0.5, 0.6) is 0 Å². The number of rotatable bonds is 5. The van der Waals surface area contributed by atoms with Crippen LogP contribution in [0.4, 0.5) is 5.95 Å². The molecular formula is C14H17N3O. The second-order valence-corrected chi connectivity index (χ2v) is 3.96. The Hall–Kier alpha value is -1.94. The van der Waals surface area contributed by atoms with Gasteiger partial charge in [-0.05, 0) is 18.1 Å². The van der Waals surface area contributed by atoms with Crippen molar-refractivity contribution < 1.29 is 4.74 Å². The van der Waals surface area contributed by atoms with E-state index < -0.39 is 0 Å². The van der Waals surface area contributed by atoms with E-state index in [1.807, 2.05) is 13.1 Å². The molecule has 0 aliphatic carbocycles. The van der Waals surface area contributed by atoms with Gasteiger partial charge in [0.2, 0.25) is 5.95 Å². The number of benzene rings is 1. The van der Waals surface area contributed by atoms with Gasteiger partial charge in [-0.3, -0.25) is 0 Å². The zero-order valence-electron chi connectivity index (χ0n) is 10.7. The Morgan fingerprint density at radius 2 is 1.94 bits per heavy atom. The van der Waals surface area contributed by atoms with Crippen LogP contribution in [0.15, 0.2) is 36.5 Å². The van der Waals surface area contributed by atoms with E-state index in [1.165, 1.54) is 5.56 Å². The summed E-state index contributed by atoms with van der Waals surface area (Å²) in [6.45, 7) is 0.747. The molecule has 0 aliphatic heterocycles. The first-order valence-electron chi connectivity index (χ1n) is 5.92. The lowest BCUT2D eigenvalue weighted by Crippen LogP contribution is -1.97. The fourth-order valence-electron chi connectivity index (χ4n) is 1.70. The minimum atomic E-state index is 0.635. The molecule has 2 rings (SSSR count). The minimum Gasteiger partial charge on any atom is -0.384 e. The molecule has 0 saturated heterocycles. The average molecular weight is 243 g/mol. The highest BCUT2D eigenvalue weighted by Gasteiger charge is 2.01. The van der Waals surface area contributed by atoms with E-state index in [0.717, 1.165) is 24.3 Å². The molecule has 1 heterocycles. The van der Waals surface area contributed by atoms with Crippen LogP contribution >= 0.6 is 0 Å². The second-order valence-electron chi connectivity index (χ2n) is 3.96. The number of nitrogens with one attached hydrogen (secondary N) is 1. The Kier molecular flexibility index (Phi) is 4.25. The minimum absolute atomic E-state index is 0.635.